The molecular formula is C15H23NOS. The van der Waals surface area contributed by atoms with Gasteiger partial charge < -0.3 is 10.5 Å². The zero-order valence-corrected chi connectivity index (χ0v) is 12.1. The molecule has 100 valence electrons. The standard InChI is InChI=1S/C15H23NOS/c1-11(2)17-13-7-5-6-12(10-13)15(16)14-8-3-4-9-18-14/h5-7,10-11,14-15H,3-4,8-9,16H2,1-2H3. The lowest BCUT2D eigenvalue weighted by Crippen LogP contribution is -2.26. The Morgan fingerprint density at radius 2 is 2.17 bits per heavy atom. The number of rotatable bonds is 4. The molecule has 18 heavy (non-hydrogen) atoms. The van der Waals surface area contributed by atoms with Crippen LogP contribution < -0.4 is 10.5 Å². The molecule has 1 saturated heterocycles. The van der Waals surface area contributed by atoms with Crippen molar-refractivity contribution in [3.63, 3.8) is 0 Å². The number of ether oxygens (including phenoxy) is 1. The Hall–Kier alpha value is -0.670. The molecule has 0 spiro atoms. The maximum absolute atomic E-state index is 6.39. The monoisotopic (exact) mass is 265 g/mol. The van der Waals surface area contributed by atoms with Crippen molar-refractivity contribution in [1.82, 2.24) is 0 Å². The minimum atomic E-state index is 0.131. The van der Waals surface area contributed by atoms with Crippen molar-refractivity contribution in [2.75, 3.05) is 5.75 Å². The van der Waals surface area contributed by atoms with Crippen molar-refractivity contribution in [2.45, 2.75) is 50.5 Å². The summed E-state index contributed by atoms with van der Waals surface area (Å²) in [5.74, 6) is 2.18. The van der Waals surface area contributed by atoms with Crippen LogP contribution in [0.5, 0.6) is 5.75 Å². The number of benzene rings is 1. The van der Waals surface area contributed by atoms with E-state index in [1.54, 1.807) is 0 Å². The molecule has 1 aromatic carbocycles. The highest BCUT2D eigenvalue weighted by molar-refractivity contribution is 8.00. The van der Waals surface area contributed by atoms with Gasteiger partial charge in [0.05, 0.1) is 6.10 Å². The third-order valence-corrected chi connectivity index (χ3v) is 4.71. The highest BCUT2D eigenvalue weighted by Crippen LogP contribution is 2.34. The molecule has 0 radical (unpaired) electrons. The molecule has 2 atom stereocenters. The van der Waals surface area contributed by atoms with Crippen LogP contribution in [-0.4, -0.2) is 17.1 Å². The van der Waals surface area contributed by atoms with Gasteiger partial charge in [-0.1, -0.05) is 18.6 Å². The molecule has 1 aliphatic rings. The van der Waals surface area contributed by atoms with Crippen LogP contribution in [-0.2, 0) is 0 Å². The van der Waals surface area contributed by atoms with Gasteiger partial charge in [0.25, 0.3) is 0 Å². The second-order valence-electron chi connectivity index (χ2n) is 5.17. The molecule has 1 aliphatic heterocycles. The Kier molecular flexibility index (Phi) is 4.95. The summed E-state index contributed by atoms with van der Waals surface area (Å²) in [5, 5.41) is 0.563. The smallest absolute Gasteiger partial charge is 0.120 e. The van der Waals surface area contributed by atoms with Crippen LogP contribution in [0.1, 0.15) is 44.7 Å². The SMILES string of the molecule is CC(C)Oc1cccc(C(N)C2CCCCS2)c1. The minimum absolute atomic E-state index is 0.131. The first-order valence-electron chi connectivity index (χ1n) is 6.80. The molecule has 1 heterocycles. The Balaban J connectivity index is 2.06. The molecule has 2 unspecified atom stereocenters. The van der Waals surface area contributed by atoms with Gasteiger partial charge >= 0.3 is 0 Å². The molecule has 1 aromatic rings. The van der Waals surface area contributed by atoms with Crippen molar-refractivity contribution >= 4 is 11.8 Å². The third-order valence-electron chi connectivity index (χ3n) is 3.23. The average Bonchev–Trinajstić information content (AvgIpc) is 2.38. The van der Waals surface area contributed by atoms with Gasteiger partial charge in [0.2, 0.25) is 0 Å². The molecule has 0 saturated carbocycles. The summed E-state index contributed by atoms with van der Waals surface area (Å²) in [6.07, 6.45) is 4.10. The van der Waals surface area contributed by atoms with Gasteiger partial charge in [-0.2, -0.15) is 11.8 Å². The van der Waals surface area contributed by atoms with E-state index < -0.39 is 0 Å². The Bertz CT molecular complexity index is 375. The number of hydrogen-bond donors (Lipinski definition) is 1. The summed E-state index contributed by atoms with van der Waals surface area (Å²) in [6.45, 7) is 4.09. The molecule has 0 bridgehead atoms. The molecule has 0 aromatic heterocycles. The van der Waals surface area contributed by atoms with Gasteiger partial charge in [-0.15, -0.1) is 0 Å². The van der Waals surface area contributed by atoms with Crippen molar-refractivity contribution in [3.05, 3.63) is 29.8 Å². The summed E-state index contributed by atoms with van der Waals surface area (Å²) in [4.78, 5) is 0. The first-order valence-corrected chi connectivity index (χ1v) is 7.85. The summed E-state index contributed by atoms with van der Waals surface area (Å²) in [7, 11) is 0. The Labute approximate surface area is 114 Å². The van der Waals surface area contributed by atoms with Gasteiger partial charge in [-0.3, -0.25) is 0 Å². The second kappa shape index (κ2) is 6.48. The maximum Gasteiger partial charge on any atom is 0.120 e. The topological polar surface area (TPSA) is 35.2 Å². The highest BCUT2D eigenvalue weighted by Gasteiger charge is 2.22. The fourth-order valence-corrected chi connectivity index (χ4v) is 3.70. The van der Waals surface area contributed by atoms with E-state index in [9.17, 15) is 0 Å². The van der Waals surface area contributed by atoms with E-state index in [2.05, 4.69) is 12.1 Å². The summed E-state index contributed by atoms with van der Waals surface area (Å²) in [6, 6.07) is 8.39. The predicted octanol–water partition coefficient (Wildman–Crippen LogP) is 3.76. The molecule has 0 aliphatic carbocycles. The maximum atomic E-state index is 6.39. The number of nitrogens with two attached hydrogens (primary N) is 1. The van der Waals surface area contributed by atoms with E-state index in [1.807, 2.05) is 37.7 Å². The fourth-order valence-electron chi connectivity index (χ4n) is 2.33. The molecular weight excluding hydrogens is 242 g/mol. The summed E-state index contributed by atoms with van der Waals surface area (Å²) < 4.78 is 5.73. The van der Waals surface area contributed by atoms with E-state index in [4.69, 9.17) is 10.5 Å². The molecule has 2 nitrogen and oxygen atoms in total. The van der Waals surface area contributed by atoms with Gasteiger partial charge in [-0.25, -0.2) is 0 Å². The van der Waals surface area contributed by atoms with Gasteiger partial charge in [0.15, 0.2) is 0 Å². The first kappa shape index (κ1) is 13.8. The lowest BCUT2D eigenvalue weighted by Gasteiger charge is -2.27. The Morgan fingerprint density at radius 3 is 2.83 bits per heavy atom. The minimum Gasteiger partial charge on any atom is -0.491 e. The predicted molar refractivity (Wildman–Crippen MR) is 79.2 cm³/mol. The Morgan fingerprint density at radius 1 is 1.33 bits per heavy atom. The molecule has 2 N–H and O–H groups in total. The normalized spacial score (nSPS) is 21.9. The van der Waals surface area contributed by atoms with Gasteiger partial charge in [-0.05, 0) is 50.1 Å². The van der Waals surface area contributed by atoms with E-state index >= 15 is 0 Å². The first-order chi connectivity index (χ1) is 8.66. The van der Waals surface area contributed by atoms with Crippen LogP contribution in [0.2, 0.25) is 0 Å². The number of hydrogen-bond acceptors (Lipinski definition) is 3. The van der Waals surface area contributed by atoms with E-state index in [0.717, 1.165) is 5.75 Å². The summed E-state index contributed by atoms with van der Waals surface area (Å²) in [5.41, 5.74) is 7.59. The highest BCUT2D eigenvalue weighted by atomic mass is 32.2. The van der Waals surface area contributed by atoms with Crippen molar-refractivity contribution in [3.8, 4) is 5.75 Å². The van der Waals surface area contributed by atoms with Crippen LogP contribution >= 0.6 is 11.8 Å². The lowest BCUT2D eigenvalue weighted by atomic mass is 10.00. The van der Waals surface area contributed by atoms with Crippen molar-refractivity contribution in [1.29, 1.82) is 0 Å². The van der Waals surface area contributed by atoms with Crippen LogP contribution in [0.3, 0.4) is 0 Å². The van der Waals surface area contributed by atoms with E-state index in [0.29, 0.717) is 5.25 Å². The zero-order valence-electron chi connectivity index (χ0n) is 11.3. The number of thioether (sulfide) groups is 1. The van der Waals surface area contributed by atoms with Crippen molar-refractivity contribution < 1.29 is 4.74 Å². The largest absolute Gasteiger partial charge is 0.491 e. The fraction of sp³-hybridized carbons (Fsp3) is 0.600. The van der Waals surface area contributed by atoms with Gasteiger partial charge in [0.1, 0.15) is 5.75 Å². The average molecular weight is 265 g/mol. The van der Waals surface area contributed by atoms with Crippen LogP contribution in [0.25, 0.3) is 0 Å². The molecule has 2 rings (SSSR count). The third kappa shape index (κ3) is 3.66. The van der Waals surface area contributed by atoms with Crippen LogP contribution in [0, 0.1) is 0 Å². The molecule has 0 amide bonds. The molecule has 3 heteroatoms. The molecule has 1 fully saturated rings. The van der Waals surface area contributed by atoms with Gasteiger partial charge in [0, 0.05) is 11.3 Å². The van der Waals surface area contributed by atoms with Crippen LogP contribution in [0.15, 0.2) is 24.3 Å². The zero-order chi connectivity index (χ0) is 13.0. The van der Waals surface area contributed by atoms with E-state index in [1.165, 1.54) is 30.6 Å². The van der Waals surface area contributed by atoms with Crippen LogP contribution in [0.4, 0.5) is 0 Å². The van der Waals surface area contributed by atoms with E-state index in [-0.39, 0.29) is 12.1 Å². The lowest BCUT2D eigenvalue weighted by molar-refractivity contribution is 0.242. The second-order valence-corrected chi connectivity index (χ2v) is 6.52. The quantitative estimate of drug-likeness (QED) is 0.900. The van der Waals surface area contributed by atoms with Crippen molar-refractivity contribution in [2.24, 2.45) is 5.73 Å². The summed E-state index contributed by atoms with van der Waals surface area (Å²) >= 11 is 2.02.